The maximum absolute atomic E-state index is 12.8. The first kappa shape index (κ1) is 21.5. The number of nitrogens with one attached hydrogen (secondary N) is 3. The Kier molecular flexibility index (Phi) is 6.81. The molecule has 6 nitrogen and oxygen atoms in total. The first-order valence-electron chi connectivity index (χ1n) is 9.56. The molecule has 3 rings (SSSR count). The van der Waals surface area contributed by atoms with E-state index >= 15 is 0 Å². The number of carbonyl (C=O) groups is 1. The summed E-state index contributed by atoms with van der Waals surface area (Å²) in [5.41, 5.74) is 1.85. The van der Waals surface area contributed by atoms with Crippen LogP contribution in [-0.4, -0.2) is 38.5 Å². The minimum absolute atomic E-state index is 0.0163. The highest BCUT2D eigenvalue weighted by Crippen LogP contribution is 2.29. The first-order chi connectivity index (χ1) is 14.3. The fourth-order valence-corrected chi connectivity index (χ4v) is 3.13. The Morgan fingerprint density at radius 2 is 1.80 bits per heavy atom. The average Bonchev–Trinajstić information content (AvgIpc) is 2.74. The lowest BCUT2D eigenvalue weighted by atomic mass is 10.1. The molecule has 0 saturated carbocycles. The highest BCUT2D eigenvalue weighted by molar-refractivity contribution is 5.82. The number of hydrogen-bond acceptors (Lipinski definition) is 3. The molecule has 3 N–H and O–H groups in total. The van der Waals surface area contributed by atoms with Crippen molar-refractivity contribution in [3.63, 3.8) is 0 Å². The second kappa shape index (κ2) is 9.51. The van der Waals surface area contributed by atoms with Crippen LogP contribution >= 0.6 is 0 Å². The Balaban J connectivity index is 1.51. The molecule has 2 aromatic carbocycles. The third kappa shape index (κ3) is 5.88. The SMILES string of the molecule is CN=C(NCc1ccc(N2CCNC(=O)C2)cc1)NCc1cccc(C(F)(F)F)c1. The Bertz CT molecular complexity index is 896. The van der Waals surface area contributed by atoms with Crippen molar-refractivity contribution in [1.82, 2.24) is 16.0 Å². The molecule has 30 heavy (non-hydrogen) atoms. The number of anilines is 1. The van der Waals surface area contributed by atoms with Crippen LogP contribution in [0.5, 0.6) is 0 Å². The minimum Gasteiger partial charge on any atom is -0.360 e. The molecule has 0 aromatic heterocycles. The topological polar surface area (TPSA) is 68.8 Å². The van der Waals surface area contributed by atoms with Crippen LogP contribution in [0, 0.1) is 0 Å². The van der Waals surface area contributed by atoms with Crippen LogP contribution in [0.1, 0.15) is 16.7 Å². The standard InChI is InChI=1S/C21H24F3N5O/c1-25-20(28-13-16-3-2-4-17(11-16)21(22,23)24)27-12-15-5-7-18(8-6-15)29-10-9-26-19(30)14-29/h2-8,11H,9-10,12-14H2,1H3,(H,26,30)(H2,25,27,28). The number of piperazine rings is 1. The Morgan fingerprint density at radius 1 is 1.10 bits per heavy atom. The fraction of sp³-hybridized carbons (Fsp3) is 0.333. The summed E-state index contributed by atoms with van der Waals surface area (Å²) in [6.45, 7) is 2.48. The van der Waals surface area contributed by atoms with Crippen LogP contribution in [0.25, 0.3) is 0 Å². The molecule has 9 heteroatoms. The zero-order chi connectivity index (χ0) is 21.6. The van der Waals surface area contributed by atoms with Crippen LogP contribution in [0.4, 0.5) is 18.9 Å². The quantitative estimate of drug-likeness (QED) is 0.515. The van der Waals surface area contributed by atoms with E-state index in [1.54, 1.807) is 13.1 Å². The van der Waals surface area contributed by atoms with Gasteiger partial charge in [0.1, 0.15) is 0 Å². The number of rotatable bonds is 5. The summed E-state index contributed by atoms with van der Waals surface area (Å²) in [4.78, 5) is 17.6. The van der Waals surface area contributed by atoms with Gasteiger partial charge in [-0.2, -0.15) is 13.2 Å². The molecule has 1 amide bonds. The molecule has 1 aliphatic rings. The molecule has 0 bridgehead atoms. The first-order valence-corrected chi connectivity index (χ1v) is 9.56. The van der Waals surface area contributed by atoms with Gasteiger partial charge in [0.05, 0.1) is 12.1 Å². The summed E-state index contributed by atoms with van der Waals surface area (Å²) in [6, 6.07) is 13.1. The number of alkyl halides is 3. The van der Waals surface area contributed by atoms with E-state index in [1.807, 2.05) is 29.2 Å². The zero-order valence-electron chi connectivity index (χ0n) is 16.6. The van der Waals surface area contributed by atoms with Gasteiger partial charge in [0.15, 0.2) is 5.96 Å². The van der Waals surface area contributed by atoms with E-state index in [9.17, 15) is 18.0 Å². The summed E-state index contributed by atoms with van der Waals surface area (Å²) < 4.78 is 38.5. The van der Waals surface area contributed by atoms with Crippen LogP contribution < -0.4 is 20.9 Å². The molecule has 0 aliphatic carbocycles. The van der Waals surface area contributed by atoms with Gasteiger partial charge >= 0.3 is 6.18 Å². The molecule has 1 saturated heterocycles. The molecular weight excluding hydrogens is 395 g/mol. The van der Waals surface area contributed by atoms with Gasteiger partial charge in [-0.1, -0.05) is 24.3 Å². The fourth-order valence-electron chi connectivity index (χ4n) is 3.13. The molecule has 0 unspecified atom stereocenters. The molecule has 1 aliphatic heterocycles. The second-order valence-corrected chi connectivity index (χ2v) is 6.92. The highest BCUT2D eigenvalue weighted by atomic mass is 19.4. The monoisotopic (exact) mass is 419 g/mol. The van der Waals surface area contributed by atoms with Crippen molar-refractivity contribution in [1.29, 1.82) is 0 Å². The number of guanidine groups is 1. The van der Waals surface area contributed by atoms with Gasteiger partial charge in [0.25, 0.3) is 0 Å². The summed E-state index contributed by atoms with van der Waals surface area (Å²) in [5, 5.41) is 8.97. The molecule has 2 aromatic rings. The smallest absolute Gasteiger partial charge is 0.360 e. The van der Waals surface area contributed by atoms with Crippen molar-refractivity contribution in [2.45, 2.75) is 19.3 Å². The van der Waals surface area contributed by atoms with Crippen LogP contribution in [0.15, 0.2) is 53.5 Å². The normalized spacial score (nSPS) is 15.0. The zero-order valence-corrected chi connectivity index (χ0v) is 16.6. The molecule has 0 radical (unpaired) electrons. The van der Waals surface area contributed by atoms with Crippen LogP contribution in [0.2, 0.25) is 0 Å². The largest absolute Gasteiger partial charge is 0.416 e. The van der Waals surface area contributed by atoms with E-state index in [-0.39, 0.29) is 12.5 Å². The van der Waals surface area contributed by atoms with E-state index in [0.717, 1.165) is 29.9 Å². The van der Waals surface area contributed by atoms with E-state index in [0.29, 0.717) is 31.2 Å². The molecule has 160 valence electrons. The van der Waals surface area contributed by atoms with Crippen molar-refractivity contribution < 1.29 is 18.0 Å². The lowest BCUT2D eigenvalue weighted by Crippen LogP contribution is -2.47. The number of halogens is 3. The molecular formula is C21H24F3N5O. The third-order valence-electron chi connectivity index (χ3n) is 4.74. The van der Waals surface area contributed by atoms with Gasteiger partial charge in [-0.05, 0) is 35.4 Å². The lowest BCUT2D eigenvalue weighted by Gasteiger charge is -2.28. The number of benzene rings is 2. The Hall–Kier alpha value is -3.23. The van der Waals surface area contributed by atoms with E-state index in [4.69, 9.17) is 0 Å². The highest BCUT2D eigenvalue weighted by Gasteiger charge is 2.30. The van der Waals surface area contributed by atoms with Crippen molar-refractivity contribution >= 4 is 17.6 Å². The predicted octanol–water partition coefficient (Wildman–Crippen LogP) is 2.51. The van der Waals surface area contributed by atoms with Crippen LogP contribution in [-0.2, 0) is 24.1 Å². The Labute approximate surface area is 173 Å². The van der Waals surface area contributed by atoms with E-state index in [2.05, 4.69) is 20.9 Å². The number of hydrogen-bond donors (Lipinski definition) is 3. The Morgan fingerprint density at radius 3 is 2.43 bits per heavy atom. The maximum atomic E-state index is 12.8. The van der Waals surface area contributed by atoms with Crippen molar-refractivity contribution in [3.05, 3.63) is 65.2 Å². The van der Waals surface area contributed by atoms with Crippen molar-refractivity contribution in [2.24, 2.45) is 4.99 Å². The van der Waals surface area contributed by atoms with Gasteiger partial charge < -0.3 is 20.9 Å². The van der Waals surface area contributed by atoms with E-state index in [1.165, 1.54) is 6.07 Å². The second-order valence-electron chi connectivity index (χ2n) is 6.92. The summed E-state index contributed by atoms with van der Waals surface area (Å²) in [5.74, 6) is 0.506. The molecule has 1 heterocycles. The van der Waals surface area contributed by atoms with Gasteiger partial charge in [0, 0.05) is 38.9 Å². The number of aliphatic imine (C=N–C) groups is 1. The summed E-state index contributed by atoms with van der Waals surface area (Å²) in [7, 11) is 1.60. The molecule has 0 atom stereocenters. The molecule has 1 fully saturated rings. The van der Waals surface area contributed by atoms with E-state index < -0.39 is 11.7 Å². The van der Waals surface area contributed by atoms with Crippen molar-refractivity contribution in [3.8, 4) is 0 Å². The van der Waals surface area contributed by atoms with Crippen LogP contribution in [0.3, 0.4) is 0 Å². The molecule has 0 spiro atoms. The van der Waals surface area contributed by atoms with Gasteiger partial charge in [-0.3, -0.25) is 9.79 Å². The minimum atomic E-state index is -4.36. The number of amides is 1. The van der Waals surface area contributed by atoms with Gasteiger partial charge in [-0.15, -0.1) is 0 Å². The summed E-state index contributed by atoms with van der Waals surface area (Å²) in [6.07, 6.45) is -4.36. The number of carbonyl (C=O) groups excluding carboxylic acids is 1. The average molecular weight is 419 g/mol. The lowest BCUT2D eigenvalue weighted by molar-refractivity contribution is -0.137. The third-order valence-corrected chi connectivity index (χ3v) is 4.74. The van der Waals surface area contributed by atoms with Gasteiger partial charge in [-0.25, -0.2) is 0 Å². The predicted molar refractivity (Wildman–Crippen MR) is 110 cm³/mol. The van der Waals surface area contributed by atoms with Crippen molar-refractivity contribution in [2.75, 3.05) is 31.6 Å². The summed E-state index contributed by atoms with van der Waals surface area (Å²) >= 11 is 0. The van der Waals surface area contributed by atoms with Gasteiger partial charge in [0.2, 0.25) is 5.91 Å². The maximum Gasteiger partial charge on any atom is 0.416 e. The number of nitrogens with zero attached hydrogens (tertiary/aromatic N) is 2.